The Morgan fingerprint density at radius 3 is 2.28 bits per heavy atom. The molecule has 1 heterocycles. The molecule has 0 aliphatic heterocycles. The van der Waals surface area contributed by atoms with E-state index in [-0.39, 0.29) is 11.9 Å². The maximum Gasteiger partial charge on any atom is 0.402 e. The topological polar surface area (TPSA) is 48.1 Å². The molecule has 2 rings (SSSR count). The minimum absolute atomic E-state index is 0.0964. The number of fused-ring (bicyclic) bond motifs is 1. The van der Waals surface area contributed by atoms with E-state index in [0.717, 1.165) is 10.8 Å². The summed E-state index contributed by atoms with van der Waals surface area (Å²) in [5, 5.41) is 10.9. The average Bonchev–Trinajstić information content (AvgIpc) is 2.77. The van der Waals surface area contributed by atoms with Crippen LogP contribution in [-0.4, -0.2) is 28.4 Å². The number of alkyl halides is 6. The lowest BCUT2D eigenvalue weighted by Crippen LogP contribution is -2.39. The summed E-state index contributed by atoms with van der Waals surface area (Å²) in [5.41, 5.74) is 0.466. The molecule has 0 spiro atoms. The van der Waals surface area contributed by atoms with E-state index in [2.05, 4.69) is 15.9 Å². The van der Waals surface area contributed by atoms with E-state index >= 15 is 0 Å². The highest BCUT2D eigenvalue weighted by Crippen LogP contribution is 2.41. The molecule has 0 fully saturated rings. The van der Waals surface area contributed by atoms with E-state index in [4.69, 9.17) is 0 Å². The number of aromatic nitrogens is 1. The lowest BCUT2D eigenvalue weighted by atomic mass is 10.1. The third kappa shape index (κ3) is 4.65. The van der Waals surface area contributed by atoms with Crippen molar-refractivity contribution in [1.82, 2.24) is 4.57 Å². The smallest absolute Gasteiger partial charge is 0.346 e. The highest BCUT2D eigenvalue weighted by molar-refractivity contribution is 9.10. The quantitative estimate of drug-likeness (QED) is 0.380. The van der Waals surface area contributed by atoms with Crippen molar-refractivity contribution in [3.63, 3.8) is 0 Å². The molecule has 0 bridgehead atoms. The fourth-order valence-electron chi connectivity index (χ4n) is 2.49. The maximum atomic E-state index is 12.8. The lowest BCUT2D eigenvalue weighted by molar-refractivity contribution is -0.479. The van der Waals surface area contributed by atoms with Crippen LogP contribution in [0.4, 0.5) is 26.3 Å². The van der Waals surface area contributed by atoms with Crippen molar-refractivity contribution in [1.29, 1.82) is 0 Å². The summed E-state index contributed by atoms with van der Waals surface area (Å²) in [6.45, 7) is -1.82. The number of nitro groups is 1. The Labute approximate surface area is 145 Å². The molecule has 1 aromatic heterocycles. The first kappa shape index (κ1) is 19.5. The molecule has 0 unspecified atom stereocenters. The SMILES string of the molecule is O=[N+]([O-])CCc1cn(CC(C(F)(F)F)C(F)(F)F)c2cc(Br)ccc12. The van der Waals surface area contributed by atoms with Gasteiger partial charge in [0, 0.05) is 39.5 Å². The van der Waals surface area contributed by atoms with Gasteiger partial charge >= 0.3 is 12.4 Å². The summed E-state index contributed by atoms with van der Waals surface area (Å²) in [7, 11) is 0. The first-order valence-corrected chi connectivity index (χ1v) is 7.71. The number of hydrogen-bond donors (Lipinski definition) is 0. The van der Waals surface area contributed by atoms with Gasteiger partial charge < -0.3 is 4.57 Å². The molecule has 138 valence electrons. The van der Waals surface area contributed by atoms with Crippen LogP contribution in [0.2, 0.25) is 0 Å². The van der Waals surface area contributed by atoms with Gasteiger partial charge in [-0.25, -0.2) is 0 Å². The zero-order valence-corrected chi connectivity index (χ0v) is 14.0. The summed E-state index contributed by atoms with van der Waals surface area (Å²) in [4.78, 5) is 9.90. The average molecular weight is 433 g/mol. The standard InChI is InChI=1S/C14H11BrF6N2O2/c15-9-1-2-10-8(3-4-23(24)25)6-22(11(10)5-9)7-12(13(16,17)18)14(19,20)21/h1-2,5-6,12H,3-4,7H2. The van der Waals surface area contributed by atoms with Crippen LogP contribution in [0.5, 0.6) is 0 Å². The molecule has 0 N–H and O–H groups in total. The minimum atomic E-state index is -5.46. The molecule has 0 saturated heterocycles. The number of halogens is 7. The monoisotopic (exact) mass is 432 g/mol. The van der Waals surface area contributed by atoms with Crippen molar-refractivity contribution >= 4 is 26.8 Å². The predicted octanol–water partition coefficient (Wildman–Crippen LogP) is 4.96. The molecule has 0 radical (unpaired) electrons. The van der Waals surface area contributed by atoms with Gasteiger partial charge in [0.05, 0.1) is 0 Å². The van der Waals surface area contributed by atoms with Crippen molar-refractivity contribution in [3.8, 4) is 0 Å². The van der Waals surface area contributed by atoms with Crippen LogP contribution in [0, 0.1) is 16.0 Å². The van der Waals surface area contributed by atoms with Crippen molar-refractivity contribution in [2.75, 3.05) is 6.54 Å². The van der Waals surface area contributed by atoms with Gasteiger partial charge in [0.25, 0.3) is 0 Å². The molecular formula is C14H11BrF6N2O2. The molecule has 0 aliphatic rings. The lowest BCUT2D eigenvalue weighted by Gasteiger charge is -2.23. The molecule has 11 heteroatoms. The van der Waals surface area contributed by atoms with E-state index < -0.39 is 36.3 Å². The van der Waals surface area contributed by atoms with Crippen molar-refractivity contribution < 1.29 is 31.3 Å². The van der Waals surface area contributed by atoms with Crippen LogP contribution >= 0.6 is 15.9 Å². The maximum absolute atomic E-state index is 12.8. The molecule has 0 amide bonds. The molecule has 4 nitrogen and oxygen atoms in total. The van der Waals surface area contributed by atoms with Crippen LogP contribution in [0.3, 0.4) is 0 Å². The minimum Gasteiger partial charge on any atom is -0.346 e. The fraction of sp³-hybridized carbons (Fsp3) is 0.429. The molecular weight excluding hydrogens is 422 g/mol. The Morgan fingerprint density at radius 1 is 1.16 bits per heavy atom. The van der Waals surface area contributed by atoms with Crippen LogP contribution in [0.25, 0.3) is 10.9 Å². The number of nitrogens with zero attached hydrogens (tertiary/aromatic N) is 2. The Bertz CT molecular complexity index is 770. The van der Waals surface area contributed by atoms with Crippen molar-refractivity contribution in [2.24, 2.45) is 5.92 Å². The van der Waals surface area contributed by atoms with E-state index in [1.54, 1.807) is 6.07 Å². The van der Waals surface area contributed by atoms with Crippen LogP contribution < -0.4 is 0 Å². The molecule has 0 atom stereocenters. The molecule has 25 heavy (non-hydrogen) atoms. The molecule has 1 aromatic carbocycles. The Kier molecular flexibility index (Phi) is 5.35. The molecule has 0 saturated carbocycles. The number of hydrogen-bond acceptors (Lipinski definition) is 2. The number of benzene rings is 1. The van der Waals surface area contributed by atoms with Crippen molar-refractivity contribution in [2.45, 2.75) is 25.3 Å². The van der Waals surface area contributed by atoms with Gasteiger partial charge in [-0.1, -0.05) is 22.0 Å². The summed E-state index contributed by atoms with van der Waals surface area (Å²) in [5.74, 6) is -3.53. The van der Waals surface area contributed by atoms with Gasteiger partial charge in [0.1, 0.15) is 0 Å². The summed E-state index contributed by atoms with van der Waals surface area (Å²) in [6.07, 6.45) is -9.89. The first-order valence-electron chi connectivity index (χ1n) is 6.92. The zero-order chi connectivity index (χ0) is 19.0. The van der Waals surface area contributed by atoms with Gasteiger partial charge in [-0.15, -0.1) is 0 Å². The Hall–Kier alpha value is -1.78. The highest BCUT2D eigenvalue weighted by Gasteiger charge is 2.56. The van der Waals surface area contributed by atoms with Gasteiger partial charge in [-0.05, 0) is 17.7 Å². The van der Waals surface area contributed by atoms with Crippen molar-refractivity contribution in [3.05, 3.63) is 44.5 Å². The van der Waals surface area contributed by atoms with E-state index in [0.29, 0.717) is 15.4 Å². The largest absolute Gasteiger partial charge is 0.402 e. The van der Waals surface area contributed by atoms with Gasteiger partial charge in [-0.3, -0.25) is 10.1 Å². The third-order valence-corrected chi connectivity index (χ3v) is 4.15. The molecule has 2 aromatic rings. The zero-order valence-electron chi connectivity index (χ0n) is 12.4. The van der Waals surface area contributed by atoms with Crippen LogP contribution in [-0.2, 0) is 13.0 Å². The summed E-state index contributed by atoms with van der Waals surface area (Å²) < 4.78 is 78.2. The second-order valence-corrected chi connectivity index (χ2v) is 6.33. The van der Waals surface area contributed by atoms with Crippen LogP contribution in [0.1, 0.15) is 5.56 Å². The van der Waals surface area contributed by atoms with Crippen LogP contribution in [0.15, 0.2) is 28.9 Å². The molecule has 0 aliphatic carbocycles. The van der Waals surface area contributed by atoms with Gasteiger partial charge in [0.2, 0.25) is 6.54 Å². The second-order valence-electron chi connectivity index (χ2n) is 5.41. The Morgan fingerprint density at radius 2 is 1.76 bits per heavy atom. The predicted molar refractivity (Wildman–Crippen MR) is 80.8 cm³/mol. The Balaban J connectivity index is 2.49. The normalized spacial score (nSPS) is 13.0. The first-order chi connectivity index (χ1) is 11.4. The van der Waals surface area contributed by atoms with E-state index in [1.165, 1.54) is 12.1 Å². The highest BCUT2D eigenvalue weighted by atomic mass is 79.9. The van der Waals surface area contributed by atoms with E-state index in [9.17, 15) is 36.5 Å². The summed E-state index contributed by atoms with van der Waals surface area (Å²) in [6, 6.07) is 4.45. The summed E-state index contributed by atoms with van der Waals surface area (Å²) >= 11 is 3.12. The van der Waals surface area contributed by atoms with Gasteiger partial charge in [0.15, 0.2) is 5.92 Å². The fourth-order valence-corrected chi connectivity index (χ4v) is 2.84. The number of rotatable bonds is 5. The second kappa shape index (κ2) is 6.85. The van der Waals surface area contributed by atoms with E-state index in [1.807, 2.05) is 0 Å². The van der Waals surface area contributed by atoms with Gasteiger partial charge in [-0.2, -0.15) is 26.3 Å². The third-order valence-electron chi connectivity index (χ3n) is 3.66.